The minimum Gasteiger partial charge on any atom is -0.490 e. The van der Waals surface area contributed by atoms with Crippen LogP contribution in [0.2, 0.25) is 0 Å². The number of hydrogen-bond acceptors (Lipinski definition) is 6. The zero-order valence-electron chi connectivity index (χ0n) is 21.5. The molecule has 1 aromatic carbocycles. The van der Waals surface area contributed by atoms with Crippen LogP contribution >= 0.6 is 0 Å². The Morgan fingerprint density at radius 1 is 1.17 bits per heavy atom. The third kappa shape index (κ3) is 5.86. The molecule has 0 amide bonds. The molecule has 1 aliphatic heterocycles. The number of aliphatic imine (C=N–C) groups is 1. The van der Waals surface area contributed by atoms with E-state index in [1.54, 1.807) is 12.3 Å². The molecule has 0 aliphatic carbocycles. The number of rotatable bonds is 5. The van der Waals surface area contributed by atoms with E-state index in [1.807, 2.05) is 32.3 Å². The summed E-state index contributed by atoms with van der Waals surface area (Å²) in [7, 11) is 1.91. The molecule has 3 N–H and O–H groups in total. The van der Waals surface area contributed by atoms with Crippen LogP contribution in [0.15, 0.2) is 66.1 Å². The molecule has 7 heteroatoms. The first-order chi connectivity index (χ1) is 17.5. The van der Waals surface area contributed by atoms with E-state index in [4.69, 9.17) is 14.5 Å². The number of aromatic nitrogens is 2. The minimum absolute atomic E-state index is 0.356. The Bertz CT molecular complexity index is 1270. The van der Waals surface area contributed by atoms with Gasteiger partial charge in [-0.2, -0.15) is 0 Å². The van der Waals surface area contributed by atoms with Crippen LogP contribution in [0.3, 0.4) is 0 Å². The average molecular weight is 486 g/mol. The van der Waals surface area contributed by atoms with Crippen molar-refractivity contribution in [3.05, 3.63) is 83.5 Å². The SMILES string of the molecule is C=C/C1=C\c2cc(ccc2C(C)C)-c2c[nH]c(NCNC)c2C(C)=NCc2cc(ccn2)OCCO1. The number of pyridine rings is 1. The van der Waals surface area contributed by atoms with E-state index in [-0.39, 0.29) is 0 Å². The average Bonchev–Trinajstić information content (AvgIpc) is 3.31. The van der Waals surface area contributed by atoms with Crippen molar-refractivity contribution in [2.45, 2.75) is 33.2 Å². The van der Waals surface area contributed by atoms with Crippen molar-refractivity contribution in [1.82, 2.24) is 15.3 Å². The summed E-state index contributed by atoms with van der Waals surface area (Å²) >= 11 is 0. The van der Waals surface area contributed by atoms with Gasteiger partial charge in [-0.25, -0.2) is 0 Å². The first-order valence-electron chi connectivity index (χ1n) is 12.3. The maximum absolute atomic E-state index is 6.01. The Morgan fingerprint density at radius 3 is 2.78 bits per heavy atom. The molecular weight excluding hydrogens is 450 g/mol. The van der Waals surface area contributed by atoms with Crippen LogP contribution in [-0.2, 0) is 11.3 Å². The van der Waals surface area contributed by atoms with Gasteiger partial charge in [0.15, 0.2) is 0 Å². The highest BCUT2D eigenvalue weighted by Gasteiger charge is 2.17. The van der Waals surface area contributed by atoms with Gasteiger partial charge in [0, 0.05) is 35.3 Å². The molecule has 0 spiro atoms. The molecule has 0 radical (unpaired) electrons. The minimum atomic E-state index is 0.356. The van der Waals surface area contributed by atoms with Gasteiger partial charge in [-0.15, -0.1) is 0 Å². The molecule has 0 saturated carbocycles. The van der Waals surface area contributed by atoms with Gasteiger partial charge in [-0.1, -0.05) is 32.6 Å². The topological polar surface area (TPSA) is 83.6 Å². The summed E-state index contributed by atoms with van der Waals surface area (Å²) in [5.41, 5.74) is 7.32. The molecule has 0 saturated heterocycles. The van der Waals surface area contributed by atoms with Crippen molar-refractivity contribution in [1.29, 1.82) is 0 Å². The number of H-pyrrole nitrogens is 1. The Morgan fingerprint density at radius 2 is 2.00 bits per heavy atom. The number of allylic oxidation sites excluding steroid dienone is 1. The van der Waals surface area contributed by atoms with Gasteiger partial charge in [0.05, 0.1) is 18.9 Å². The summed E-state index contributed by atoms with van der Waals surface area (Å²) in [5, 5.41) is 6.57. The van der Waals surface area contributed by atoms with Crippen LogP contribution in [0.1, 0.15) is 49.1 Å². The van der Waals surface area contributed by atoms with Crippen molar-refractivity contribution in [3.8, 4) is 16.9 Å². The molecule has 0 unspecified atom stereocenters. The van der Waals surface area contributed by atoms with E-state index < -0.39 is 0 Å². The lowest BCUT2D eigenvalue weighted by Crippen LogP contribution is -2.18. The van der Waals surface area contributed by atoms with E-state index in [0.29, 0.717) is 38.1 Å². The number of aromatic amines is 1. The Kier molecular flexibility index (Phi) is 8.23. The zero-order chi connectivity index (χ0) is 25.5. The number of ether oxygens (including phenoxy) is 2. The number of nitrogens with zero attached hydrogens (tertiary/aromatic N) is 2. The second-order valence-corrected chi connectivity index (χ2v) is 8.99. The largest absolute Gasteiger partial charge is 0.490 e. The zero-order valence-corrected chi connectivity index (χ0v) is 21.5. The fourth-order valence-corrected chi connectivity index (χ4v) is 4.28. The van der Waals surface area contributed by atoms with Gasteiger partial charge in [-0.3, -0.25) is 9.98 Å². The van der Waals surface area contributed by atoms with Crippen molar-refractivity contribution < 1.29 is 9.47 Å². The summed E-state index contributed by atoms with van der Waals surface area (Å²) in [5.74, 6) is 2.73. The number of benzene rings is 1. The first-order valence-corrected chi connectivity index (χ1v) is 12.3. The van der Waals surface area contributed by atoms with Crippen LogP contribution in [0, 0.1) is 0 Å². The quantitative estimate of drug-likeness (QED) is 0.402. The molecule has 36 heavy (non-hydrogen) atoms. The highest BCUT2D eigenvalue weighted by atomic mass is 16.5. The monoisotopic (exact) mass is 485 g/mol. The lowest BCUT2D eigenvalue weighted by Gasteiger charge is -2.15. The van der Waals surface area contributed by atoms with Gasteiger partial charge >= 0.3 is 0 Å². The summed E-state index contributed by atoms with van der Waals surface area (Å²) in [6, 6.07) is 10.4. The second kappa shape index (κ2) is 11.7. The first kappa shape index (κ1) is 25.3. The van der Waals surface area contributed by atoms with E-state index in [9.17, 15) is 0 Å². The predicted molar refractivity (Wildman–Crippen MR) is 148 cm³/mol. The molecule has 188 valence electrons. The highest BCUT2D eigenvalue weighted by Crippen LogP contribution is 2.34. The third-order valence-electron chi connectivity index (χ3n) is 6.09. The second-order valence-electron chi connectivity index (χ2n) is 8.99. The summed E-state index contributed by atoms with van der Waals surface area (Å²) in [6.45, 7) is 12.3. The maximum Gasteiger partial charge on any atom is 0.122 e. The smallest absolute Gasteiger partial charge is 0.122 e. The molecule has 4 rings (SSSR count). The van der Waals surface area contributed by atoms with E-state index >= 15 is 0 Å². The van der Waals surface area contributed by atoms with Crippen LogP contribution in [0.5, 0.6) is 5.75 Å². The van der Waals surface area contributed by atoms with Crippen molar-refractivity contribution in [2.75, 3.05) is 32.2 Å². The summed E-state index contributed by atoms with van der Waals surface area (Å²) in [6.07, 6.45) is 7.59. The Balaban J connectivity index is 1.88. The van der Waals surface area contributed by atoms with Gasteiger partial charge in [0.1, 0.15) is 30.5 Å². The molecule has 3 aromatic rings. The molecule has 0 atom stereocenters. The Hall–Kier alpha value is -3.84. The molecule has 3 heterocycles. The lowest BCUT2D eigenvalue weighted by atomic mass is 9.92. The van der Waals surface area contributed by atoms with Gasteiger partial charge < -0.3 is 25.1 Å². The van der Waals surface area contributed by atoms with Crippen molar-refractivity contribution >= 4 is 17.6 Å². The summed E-state index contributed by atoms with van der Waals surface area (Å²) in [4.78, 5) is 12.8. The van der Waals surface area contributed by atoms with Crippen LogP contribution in [0.4, 0.5) is 5.82 Å². The highest BCUT2D eigenvalue weighted by molar-refractivity contribution is 6.08. The van der Waals surface area contributed by atoms with E-state index in [2.05, 4.69) is 65.3 Å². The number of nitrogens with one attached hydrogen (secondary N) is 3. The number of hydrogen-bond donors (Lipinski definition) is 3. The van der Waals surface area contributed by atoms with Crippen LogP contribution in [0.25, 0.3) is 17.2 Å². The third-order valence-corrected chi connectivity index (χ3v) is 6.09. The molecule has 1 aliphatic rings. The number of fused-ring (bicyclic) bond motifs is 6. The molecular formula is C29H35N5O2. The standard InChI is InChI=1S/C29H35N5O2/c1-6-24-14-22-13-21(7-8-26(22)19(2)3)27-17-33-29(34-18-30-5)28(27)20(4)32-16-23-15-25(9-10-31-23)36-12-11-35-24/h6-10,13-15,17,19,30,33-34H,1,11-12,16,18H2,2-5H3/b24-14+,32-20?. The van der Waals surface area contributed by atoms with Gasteiger partial charge in [0.25, 0.3) is 0 Å². The maximum atomic E-state index is 6.01. The van der Waals surface area contributed by atoms with Crippen molar-refractivity contribution in [2.24, 2.45) is 4.99 Å². The molecule has 4 bridgehead atoms. The van der Waals surface area contributed by atoms with Crippen molar-refractivity contribution in [3.63, 3.8) is 0 Å². The Labute approximate surface area is 213 Å². The summed E-state index contributed by atoms with van der Waals surface area (Å²) < 4.78 is 11.9. The van der Waals surface area contributed by atoms with Crippen LogP contribution in [-0.4, -0.2) is 42.6 Å². The van der Waals surface area contributed by atoms with E-state index in [0.717, 1.165) is 45.2 Å². The van der Waals surface area contributed by atoms with E-state index in [1.165, 1.54) is 5.56 Å². The van der Waals surface area contributed by atoms with Gasteiger partial charge in [0.2, 0.25) is 0 Å². The number of anilines is 1. The lowest BCUT2D eigenvalue weighted by molar-refractivity contribution is 0.165. The van der Waals surface area contributed by atoms with Gasteiger partial charge in [-0.05, 0) is 60.9 Å². The molecule has 2 aromatic heterocycles. The molecule has 0 fully saturated rings. The predicted octanol–water partition coefficient (Wildman–Crippen LogP) is 5.73. The molecule has 7 nitrogen and oxygen atoms in total. The normalized spacial score (nSPS) is 15.5. The fraction of sp³-hybridized carbons (Fsp3) is 0.310. The van der Waals surface area contributed by atoms with Crippen LogP contribution < -0.4 is 15.4 Å². The fourth-order valence-electron chi connectivity index (χ4n) is 4.28.